The predicted octanol–water partition coefficient (Wildman–Crippen LogP) is 3.06. The first-order chi connectivity index (χ1) is 9.32. The Morgan fingerprint density at radius 2 is 1.85 bits per heavy atom. The van der Waals surface area contributed by atoms with E-state index in [2.05, 4.69) is 15.9 Å². The van der Waals surface area contributed by atoms with E-state index in [0.717, 1.165) is 22.9 Å². The molecule has 0 fully saturated rings. The number of sulfonamides is 1. The van der Waals surface area contributed by atoms with Crippen LogP contribution in [0.25, 0.3) is 0 Å². The molecule has 1 aromatic carbocycles. The van der Waals surface area contributed by atoms with Gasteiger partial charge in [0.1, 0.15) is 0 Å². The largest absolute Gasteiger partial charge is 0.376 e. The minimum Gasteiger partial charge on any atom is -0.376 e. The van der Waals surface area contributed by atoms with Crippen LogP contribution < -0.4 is 5.14 Å². The zero-order valence-electron chi connectivity index (χ0n) is 11.9. The lowest BCUT2D eigenvalue weighted by Crippen LogP contribution is -2.36. The van der Waals surface area contributed by atoms with Gasteiger partial charge in [-0.25, -0.2) is 13.6 Å². The van der Waals surface area contributed by atoms with Crippen LogP contribution in [-0.4, -0.2) is 20.8 Å². The van der Waals surface area contributed by atoms with Gasteiger partial charge in [0.05, 0.1) is 19.0 Å². The van der Waals surface area contributed by atoms with Crippen molar-refractivity contribution in [3.8, 4) is 0 Å². The topological polar surface area (TPSA) is 69.4 Å². The Labute approximate surface area is 129 Å². The number of hydrogen-bond donors (Lipinski definition) is 1. The average molecular weight is 364 g/mol. The fraction of sp³-hybridized carbons (Fsp3) is 0.571. The van der Waals surface area contributed by atoms with Crippen LogP contribution in [-0.2, 0) is 21.4 Å². The fourth-order valence-electron chi connectivity index (χ4n) is 2.12. The molecule has 0 atom stereocenters. The summed E-state index contributed by atoms with van der Waals surface area (Å²) in [5.74, 6) is -0.0387. The average Bonchev–Trinajstić information content (AvgIpc) is 2.38. The third kappa shape index (κ3) is 5.52. The molecule has 0 heterocycles. The standard InChI is InChI=1S/C14H22BrNO3S/c1-3-14(4-2,11-20(16,17)18)10-19-9-12-7-5-6-8-13(12)15/h5-8H,3-4,9-11H2,1-2H3,(H2,16,17,18). The van der Waals surface area contributed by atoms with Gasteiger partial charge in [0.15, 0.2) is 0 Å². The number of primary sulfonamides is 1. The van der Waals surface area contributed by atoms with E-state index >= 15 is 0 Å². The molecule has 1 rings (SSSR count). The van der Waals surface area contributed by atoms with Crippen molar-refractivity contribution < 1.29 is 13.2 Å². The Hall–Kier alpha value is -0.430. The molecule has 0 aliphatic carbocycles. The van der Waals surface area contributed by atoms with E-state index in [9.17, 15) is 8.42 Å². The summed E-state index contributed by atoms with van der Waals surface area (Å²) in [7, 11) is -3.50. The Morgan fingerprint density at radius 3 is 2.35 bits per heavy atom. The second kappa shape index (κ2) is 7.54. The van der Waals surface area contributed by atoms with E-state index in [4.69, 9.17) is 9.88 Å². The van der Waals surface area contributed by atoms with Gasteiger partial charge < -0.3 is 4.74 Å². The highest BCUT2D eigenvalue weighted by molar-refractivity contribution is 9.10. The van der Waals surface area contributed by atoms with Crippen LogP contribution in [0.4, 0.5) is 0 Å². The normalized spacial score (nSPS) is 12.6. The zero-order chi connectivity index (χ0) is 15.2. The molecule has 0 bridgehead atoms. The first-order valence-corrected chi connectivity index (χ1v) is 9.14. The highest BCUT2D eigenvalue weighted by Crippen LogP contribution is 2.29. The van der Waals surface area contributed by atoms with Gasteiger partial charge in [0.2, 0.25) is 10.0 Å². The molecule has 0 saturated carbocycles. The molecular weight excluding hydrogens is 342 g/mol. The molecule has 0 aliphatic heterocycles. The van der Waals surface area contributed by atoms with Gasteiger partial charge in [-0.3, -0.25) is 0 Å². The maximum atomic E-state index is 11.4. The molecule has 0 spiro atoms. The second-order valence-corrected chi connectivity index (χ2v) is 7.57. The molecule has 0 aromatic heterocycles. The quantitative estimate of drug-likeness (QED) is 0.771. The van der Waals surface area contributed by atoms with Gasteiger partial charge in [0.25, 0.3) is 0 Å². The highest BCUT2D eigenvalue weighted by atomic mass is 79.9. The van der Waals surface area contributed by atoms with Crippen LogP contribution in [0, 0.1) is 5.41 Å². The lowest BCUT2D eigenvalue weighted by molar-refractivity contribution is 0.0395. The summed E-state index contributed by atoms with van der Waals surface area (Å²) in [6.45, 7) is 4.78. The Kier molecular flexibility index (Phi) is 6.64. The fourth-order valence-corrected chi connectivity index (χ4v) is 3.86. The SMILES string of the molecule is CCC(CC)(COCc1ccccc1Br)CS(N)(=O)=O. The first-order valence-electron chi connectivity index (χ1n) is 6.63. The van der Waals surface area contributed by atoms with Gasteiger partial charge in [-0.15, -0.1) is 0 Å². The molecule has 114 valence electrons. The predicted molar refractivity (Wildman–Crippen MR) is 84.8 cm³/mol. The molecule has 20 heavy (non-hydrogen) atoms. The van der Waals surface area contributed by atoms with Gasteiger partial charge in [0, 0.05) is 9.89 Å². The van der Waals surface area contributed by atoms with Crippen molar-refractivity contribution >= 4 is 26.0 Å². The summed E-state index contributed by atoms with van der Waals surface area (Å²) in [4.78, 5) is 0. The maximum Gasteiger partial charge on any atom is 0.209 e. The Balaban J connectivity index is 2.66. The monoisotopic (exact) mass is 363 g/mol. The third-order valence-electron chi connectivity index (χ3n) is 3.63. The van der Waals surface area contributed by atoms with Gasteiger partial charge in [-0.2, -0.15) is 0 Å². The van der Waals surface area contributed by atoms with Crippen molar-refractivity contribution in [3.63, 3.8) is 0 Å². The van der Waals surface area contributed by atoms with Crippen LogP contribution >= 0.6 is 15.9 Å². The molecule has 4 nitrogen and oxygen atoms in total. The minimum absolute atomic E-state index is 0.0387. The lowest BCUT2D eigenvalue weighted by atomic mass is 9.85. The number of benzene rings is 1. The Bertz CT molecular complexity index is 527. The molecule has 0 amide bonds. The molecule has 2 N–H and O–H groups in total. The molecule has 0 unspecified atom stereocenters. The van der Waals surface area contributed by atoms with Crippen LogP contribution in [0.2, 0.25) is 0 Å². The van der Waals surface area contributed by atoms with Crippen molar-refractivity contribution in [1.82, 2.24) is 0 Å². The summed E-state index contributed by atoms with van der Waals surface area (Å²) in [6.07, 6.45) is 1.44. The third-order valence-corrected chi connectivity index (χ3v) is 5.42. The van der Waals surface area contributed by atoms with E-state index in [0.29, 0.717) is 13.2 Å². The summed E-state index contributed by atoms with van der Waals surface area (Å²) < 4.78 is 29.5. The van der Waals surface area contributed by atoms with Crippen LogP contribution in [0.3, 0.4) is 0 Å². The smallest absolute Gasteiger partial charge is 0.209 e. The van der Waals surface area contributed by atoms with Crippen LogP contribution in [0.1, 0.15) is 32.3 Å². The number of hydrogen-bond acceptors (Lipinski definition) is 3. The van der Waals surface area contributed by atoms with Crippen LogP contribution in [0.15, 0.2) is 28.7 Å². The number of nitrogens with two attached hydrogens (primary N) is 1. The number of rotatable bonds is 8. The van der Waals surface area contributed by atoms with E-state index in [1.165, 1.54) is 0 Å². The summed E-state index contributed by atoms with van der Waals surface area (Å²) in [6, 6.07) is 7.82. The molecule has 6 heteroatoms. The first kappa shape index (κ1) is 17.6. The van der Waals surface area contributed by atoms with E-state index in [1.54, 1.807) is 0 Å². The van der Waals surface area contributed by atoms with Crippen molar-refractivity contribution in [2.24, 2.45) is 10.6 Å². The summed E-state index contributed by atoms with van der Waals surface area (Å²) in [5, 5.41) is 5.19. The van der Waals surface area contributed by atoms with Crippen molar-refractivity contribution in [2.45, 2.75) is 33.3 Å². The zero-order valence-corrected chi connectivity index (χ0v) is 14.3. The Morgan fingerprint density at radius 1 is 1.25 bits per heavy atom. The highest BCUT2D eigenvalue weighted by Gasteiger charge is 2.31. The molecule has 0 radical (unpaired) electrons. The van der Waals surface area contributed by atoms with Crippen molar-refractivity contribution in [1.29, 1.82) is 0 Å². The van der Waals surface area contributed by atoms with Gasteiger partial charge >= 0.3 is 0 Å². The summed E-state index contributed by atoms with van der Waals surface area (Å²) in [5.41, 5.74) is 0.638. The molecule has 1 aromatic rings. The van der Waals surface area contributed by atoms with Gasteiger partial charge in [-0.1, -0.05) is 48.0 Å². The van der Waals surface area contributed by atoms with Crippen molar-refractivity contribution in [2.75, 3.05) is 12.4 Å². The van der Waals surface area contributed by atoms with Gasteiger partial charge in [-0.05, 0) is 24.5 Å². The lowest BCUT2D eigenvalue weighted by Gasteiger charge is -2.30. The van der Waals surface area contributed by atoms with E-state index in [1.807, 2.05) is 38.1 Å². The second-order valence-electron chi connectivity index (χ2n) is 5.10. The van der Waals surface area contributed by atoms with Crippen molar-refractivity contribution in [3.05, 3.63) is 34.3 Å². The number of halogens is 1. The van der Waals surface area contributed by atoms with Crippen LogP contribution in [0.5, 0.6) is 0 Å². The molecule has 0 saturated heterocycles. The molecule has 0 aliphatic rings. The molecular formula is C14H22BrNO3S. The van der Waals surface area contributed by atoms with E-state index in [-0.39, 0.29) is 5.75 Å². The minimum atomic E-state index is -3.50. The summed E-state index contributed by atoms with van der Waals surface area (Å²) >= 11 is 3.46. The van der Waals surface area contributed by atoms with E-state index < -0.39 is 15.4 Å². The maximum absolute atomic E-state index is 11.4. The number of ether oxygens (including phenoxy) is 1.